The van der Waals surface area contributed by atoms with Crippen LogP contribution in [-0.4, -0.2) is 10.6 Å². The molecule has 0 spiro atoms. The molecule has 2 aromatic rings. The summed E-state index contributed by atoms with van der Waals surface area (Å²) in [6, 6.07) is 6.53. The number of nitrogens with zero attached hydrogens (tertiary/aromatic N) is 1. The minimum atomic E-state index is 0.382. The Morgan fingerprint density at radius 3 is 2.94 bits per heavy atom. The van der Waals surface area contributed by atoms with Gasteiger partial charge in [0.2, 0.25) is 0 Å². The van der Waals surface area contributed by atoms with Crippen LogP contribution in [-0.2, 0) is 13.5 Å². The fourth-order valence-electron chi connectivity index (χ4n) is 3.21. The van der Waals surface area contributed by atoms with Crippen molar-refractivity contribution in [3.05, 3.63) is 35.0 Å². The fraction of sp³-hybridized carbons (Fsp3) is 0.467. The Balaban J connectivity index is 1.97. The highest BCUT2D eigenvalue weighted by Gasteiger charge is 2.25. The summed E-state index contributed by atoms with van der Waals surface area (Å²) < 4.78 is 2.16. The van der Waals surface area contributed by atoms with Crippen molar-refractivity contribution < 1.29 is 0 Å². The van der Waals surface area contributed by atoms with Crippen LogP contribution in [0.25, 0.3) is 10.9 Å². The van der Waals surface area contributed by atoms with Crippen molar-refractivity contribution >= 4 is 22.5 Å². The molecule has 2 nitrogen and oxygen atoms in total. The first kappa shape index (κ1) is 12.1. The van der Waals surface area contributed by atoms with Gasteiger partial charge in [-0.3, -0.25) is 0 Å². The topological polar surface area (TPSA) is 30.9 Å². The molecule has 1 aromatic carbocycles. The lowest BCUT2D eigenvalue weighted by Crippen LogP contribution is -2.25. The third kappa shape index (κ3) is 2.04. The van der Waals surface area contributed by atoms with Crippen molar-refractivity contribution in [2.75, 3.05) is 0 Å². The van der Waals surface area contributed by atoms with Gasteiger partial charge >= 0.3 is 0 Å². The fourth-order valence-corrected chi connectivity index (χ4v) is 3.37. The number of halogens is 1. The van der Waals surface area contributed by atoms with E-state index >= 15 is 0 Å². The summed E-state index contributed by atoms with van der Waals surface area (Å²) >= 11 is 6.06. The number of aromatic nitrogens is 1. The summed E-state index contributed by atoms with van der Waals surface area (Å²) in [6.07, 6.45) is 7.06. The average Bonchev–Trinajstić information content (AvgIpc) is 2.86. The van der Waals surface area contributed by atoms with Gasteiger partial charge in [0.1, 0.15) is 0 Å². The van der Waals surface area contributed by atoms with E-state index in [1.165, 1.54) is 35.7 Å². The van der Waals surface area contributed by atoms with Crippen molar-refractivity contribution in [3.63, 3.8) is 0 Å². The summed E-state index contributed by atoms with van der Waals surface area (Å²) in [5.41, 5.74) is 8.79. The zero-order chi connectivity index (χ0) is 12.7. The number of hydrogen-bond donors (Lipinski definition) is 1. The highest BCUT2D eigenvalue weighted by Crippen LogP contribution is 2.31. The number of hydrogen-bond acceptors (Lipinski definition) is 1. The molecule has 3 rings (SSSR count). The molecule has 0 bridgehead atoms. The maximum atomic E-state index is 6.17. The zero-order valence-corrected chi connectivity index (χ0v) is 11.5. The van der Waals surface area contributed by atoms with Crippen molar-refractivity contribution in [2.24, 2.45) is 18.7 Å². The van der Waals surface area contributed by atoms with Gasteiger partial charge in [0.25, 0.3) is 0 Å². The zero-order valence-electron chi connectivity index (χ0n) is 10.7. The molecular weight excluding hydrogens is 244 g/mol. The molecule has 1 heterocycles. The van der Waals surface area contributed by atoms with Gasteiger partial charge in [0.05, 0.1) is 0 Å². The third-order valence-corrected chi connectivity index (χ3v) is 4.47. The summed E-state index contributed by atoms with van der Waals surface area (Å²) in [5.74, 6) is 0.645. The van der Waals surface area contributed by atoms with Gasteiger partial charge in [-0.25, -0.2) is 0 Å². The number of nitrogens with two attached hydrogens (primary N) is 1. The van der Waals surface area contributed by atoms with E-state index in [1.54, 1.807) is 0 Å². The standard InChI is InChI=1S/C15H19ClN2/c1-18-9-11(7-10-3-2-4-14(10)17)13-6-5-12(16)8-15(13)18/h5-6,8-10,14H,2-4,7,17H2,1H3. The van der Waals surface area contributed by atoms with Crippen molar-refractivity contribution in [2.45, 2.75) is 31.7 Å². The van der Waals surface area contributed by atoms with E-state index < -0.39 is 0 Å². The largest absolute Gasteiger partial charge is 0.350 e. The Morgan fingerprint density at radius 2 is 2.22 bits per heavy atom. The normalized spacial score (nSPS) is 23.9. The van der Waals surface area contributed by atoms with E-state index in [0.717, 1.165) is 11.4 Å². The molecule has 1 aliphatic carbocycles. The van der Waals surface area contributed by atoms with E-state index in [1.807, 2.05) is 12.1 Å². The van der Waals surface area contributed by atoms with Gasteiger partial charge in [-0.1, -0.05) is 24.1 Å². The molecule has 3 heteroatoms. The molecule has 2 N–H and O–H groups in total. The van der Waals surface area contributed by atoms with Crippen LogP contribution in [0.4, 0.5) is 0 Å². The lowest BCUT2D eigenvalue weighted by Gasteiger charge is -2.14. The smallest absolute Gasteiger partial charge is 0.0495 e. The van der Waals surface area contributed by atoms with Crippen LogP contribution in [0.1, 0.15) is 24.8 Å². The van der Waals surface area contributed by atoms with Gasteiger partial charge in [-0.2, -0.15) is 0 Å². The molecule has 0 amide bonds. The highest BCUT2D eigenvalue weighted by molar-refractivity contribution is 6.31. The van der Waals surface area contributed by atoms with Gasteiger partial charge < -0.3 is 10.3 Å². The Labute approximate surface area is 113 Å². The minimum absolute atomic E-state index is 0.382. The Bertz CT molecular complexity index is 573. The van der Waals surface area contributed by atoms with Gasteiger partial charge in [0, 0.05) is 35.2 Å². The molecule has 1 aliphatic rings. The molecule has 18 heavy (non-hydrogen) atoms. The first-order valence-corrected chi connectivity index (χ1v) is 7.02. The summed E-state index contributed by atoms with van der Waals surface area (Å²) in [5, 5.41) is 2.12. The van der Waals surface area contributed by atoms with E-state index in [9.17, 15) is 0 Å². The quantitative estimate of drug-likeness (QED) is 0.882. The monoisotopic (exact) mass is 262 g/mol. The van der Waals surface area contributed by atoms with Crippen molar-refractivity contribution in [3.8, 4) is 0 Å². The molecule has 1 fully saturated rings. The van der Waals surface area contributed by atoms with Crippen LogP contribution in [0.3, 0.4) is 0 Å². The Kier molecular flexibility index (Phi) is 3.08. The molecule has 2 unspecified atom stereocenters. The van der Waals surface area contributed by atoms with Crippen LogP contribution in [0.15, 0.2) is 24.4 Å². The van der Waals surface area contributed by atoms with Crippen LogP contribution in [0.5, 0.6) is 0 Å². The first-order chi connectivity index (χ1) is 8.65. The van der Waals surface area contributed by atoms with E-state index in [4.69, 9.17) is 17.3 Å². The molecule has 0 saturated heterocycles. The van der Waals surface area contributed by atoms with Gasteiger partial charge in [-0.05, 0) is 42.9 Å². The van der Waals surface area contributed by atoms with E-state index in [0.29, 0.717) is 12.0 Å². The van der Waals surface area contributed by atoms with Crippen LogP contribution >= 0.6 is 11.6 Å². The molecule has 0 radical (unpaired) electrons. The maximum Gasteiger partial charge on any atom is 0.0495 e. The number of rotatable bonds is 2. The molecule has 0 aliphatic heterocycles. The summed E-state index contributed by atoms with van der Waals surface area (Å²) in [6.45, 7) is 0. The van der Waals surface area contributed by atoms with E-state index in [-0.39, 0.29) is 0 Å². The first-order valence-electron chi connectivity index (χ1n) is 6.64. The lowest BCUT2D eigenvalue weighted by molar-refractivity contribution is 0.480. The summed E-state index contributed by atoms with van der Waals surface area (Å²) in [7, 11) is 2.08. The van der Waals surface area contributed by atoms with Crippen LogP contribution < -0.4 is 5.73 Å². The Morgan fingerprint density at radius 1 is 1.39 bits per heavy atom. The molecular formula is C15H19ClN2. The predicted molar refractivity (Wildman–Crippen MR) is 76.9 cm³/mol. The molecule has 1 saturated carbocycles. The second-order valence-electron chi connectivity index (χ2n) is 5.49. The maximum absolute atomic E-state index is 6.17. The second kappa shape index (κ2) is 4.60. The lowest BCUT2D eigenvalue weighted by atomic mass is 9.95. The summed E-state index contributed by atoms with van der Waals surface area (Å²) in [4.78, 5) is 0. The van der Waals surface area contributed by atoms with Crippen LogP contribution in [0.2, 0.25) is 5.02 Å². The molecule has 1 aromatic heterocycles. The SMILES string of the molecule is Cn1cc(CC2CCCC2N)c2ccc(Cl)cc21. The number of fused-ring (bicyclic) bond motifs is 1. The third-order valence-electron chi connectivity index (χ3n) is 4.24. The second-order valence-corrected chi connectivity index (χ2v) is 5.92. The molecule has 96 valence electrons. The predicted octanol–water partition coefficient (Wildman–Crippen LogP) is 3.50. The minimum Gasteiger partial charge on any atom is -0.350 e. The van der Waals surface area contributed by atoms with Gasteiger partial charge in [-0.15, -0.1) is 0 Å². The van der Waals surface area contributed by atoms with Crippen LogP contribution in [0, 0.1) is 5.92 Å². The van der Waals surface area contributed by atoms with Crippen molar-refractivity contribution in [1.29, 1.82) is 0 Å². The van der Waals surface area contributed by atoms with Gasteiger partial charge in [0.15, 0.2) is 0 Å². The number of benzene rings is 1. The number of aryl methyl sites for hydroxylation is 1. The van der Waals surface area contributed by atoms with Crippen molar-refractivity contribution in [1.82, 2.24) is 4.57 Å². The molecule has 2 atom stereocenters. The highest BCUT2D eigenvalue weighted by atomic mass is 35.5. The van der Waals surface area contributed by atoms with E-state index in [2.05, 4.69) is 23.9 Å². The average molecular weight is 263 g/mol. The Hall–Kier alpha value is -0.990.